The average Bonchev–Trinajstić information content (AvgIpc) is 3.28. The van der Waals surface area contributed by atoms with Crippen LogP contribution < -0.4 is 10.6 Å². The summed E-state index contributed by atoms with van der Waals surface area (Å²) in [4.78, 5) is 28.5. The molecule has 1 heterocycles. The molecule has 1 aliphatic heterocycles. The van der Waals surface area contributed by atoms with Crippen molar-refractivity contribution in [2.75, 3.05) is 13.1 Å². The Labute approximate surface area is 226 Å². The summed E-state index contributed by atoms with van der Waals surface area (Å²) >= 11 is 2.51. The molecule has 2 aromatic carbocycles. The molecule has 2 N–H and O–H groups in total. The minimum atomic E-state index is -5.43. The van der Waals surface area contributed by atoms with Gasteiger partial charge in [-0.15, -0.1) is 0 Å². The Morgan fingerprint density at radius 1 is 1.02 bits per heavy atom. The van der Waals surface area contributed by atoms with E-state index in [1.165, 1.54) is 13.0 Å². The molecular weight excluding hydrogens is 636 g/mol. The van der Waals surface area contributed by atoms with Gasteiger partial charge in [0.25, 0.3) is 11.5 Å². The summed E-state index contributed by atoms with van der Waals surface area (Å²) in [5, 5.41) is 7.01. The van der Waals surface area contributed by atoms with Crippen molar-refractivity contribution in [3.05, 3.63) is 68.4 Å². The number of benzene rings is 2. The first kappa shape index (κ1) is 31.2. The largest absolute Gasteiger partial charge is 0.435 e. The van der Waals surface area contributed by atoms with Crippen molar-refractivity contribution in [1.82, 2.24) is 10.6 Å². The van der Waals surface area contributed by atoms with Crippen LogP contribution in [0, 0.1) is 12.7 Å². The van der Waals surface area contributed by atoms with E-state index >= 15 is 0 Å². The van der Waals surface area contributed by atoms with Crippen molar-refractivity contribution < 1.29 is 58.3 Å². The van der Waals surface area contributed by atoms with Gasteiger partial charge in [0.15, 0.2) is 0 Å². The van der Waals surface area contributed by atoms with Crippen LogP contribution in [-0.2, 0) is 21.4 Å². The average molecular weight is 652 g/mol. The van der Waals surface area contributed by atoms with E-state index in [4.69, 9.17) is 0 Å². The van der Waals surface area contributed by atoms with Gasteiger partial charge in [-0.1, -0.05) is 11.2 Å². The van der Waals surface area contributed by atoms with Gasteiger partial charge in [0.05, 0.1) is 28.7 Å². The van der Waals surface area contributed by atoms with E-state index in [0.29, 0.717) is 0 Å². The summed E-state index contributed by atoms with van der Waals surface area (Å²) in [7, 11) is 0. The Bertz CT molecular complexity index is 1360. The number of nitrogens with zero attached hydrogens (tertiary/aromatic N) is 1. The van der Waals surface area contributed by atoms with Gasteiger partial charge in [0.1, 0.15) is 12.4 Å². The molecule has 0 saturated carbocycles. The maximum absolute atomic E-state index is 14.8. The van der Waals surface area contributed by atoms with Gasteiger partial charge in [0, 0.05) is 11.1 Å². The molecule has 1 aliphatic rings. The second-order valence-electron chi connectivity index (χ2n) is 8.55. The fourth-order valence-corrected chi connectivity index (χ4v) is 4.16. The summed E-state index contributed by atoms with van der Waals surface area (Å²) in [5.74, 6) is -3.66. The molecule has 17 heteroatoms. The second kappa shape index (κ2) is 10.9. The molecule has 6 nitrogen and oxygen atoms in total. The van der Waals surface area contributed by atoms with Crippen molar-refractivity contribution in [2.24, 2.45) is 5.16 Å². The SMILES string of the molecule is Cc1cc(C2=NOC(c3cc(C(F)(F)F)cc(Br)c3F)(C(F)(F)F)C2)ccc1C(=O)NCC(=O)NCC(F)(F)F. The van der Waals surface area contributed by atoms with Crippen molar-refractivity contribution in [2.45, 2.75) is 37.5 Å². The van der Waals surface area contributed by atoms with E-state index in [2.05, 4.69) is 31.2 Å². The standard InChI is InChI=1S/C23H16BrF10N3O3/c1-10-4-11(2-3-13(10)19(39)35-8-17(38)36-9-21(26,27)28)16-7-20(40-37-16,23(32,33)34)14-5-12(22(29,30)31)6-15(24)18(14)25/h2-6H,7-9H2,1H3,(H,35,39)(H,36,38). The van der Waals surface area contributed by atoms with Crippen LogP contribution in [0.1, 0.15) is 39.0 Å². The van der Waals surface area contributed by atoms with E-state index in [-0.39, 0.29) is 28.8 Å². The van der Waals surface area contributed by atoms with Crippen LogP contribution in [0.3, 0.4) is 0 Å². The fraction of sp³-hybridized carbons (Fsp3) is 0.348. The van der Waals surface area contributed by atoms with Gasteiger partial charge < -0.3 is 15.5 Å². The van der Waals surface area contributed by atoms with Crippen molar-refractivity contribution in [3.8, 4) is 0 Å². The number of hydrogen-bond donors (Lipinski definition) is 2. The summed E-state index contributed by atoms with van der Waals surface area (Å²) in [6.45, 7) is -1.07. The predicted molar refractivity (Wildman–Crippen MR) is 122 cm³/mol. The zero-order valence-electron chi connectivity index (χ0n) is 19.8. The number of nitrogens with one attached hydrogen (secondary N) is 2. The number of aryl methyl sites for hydroxylation is 1. The van der Waals surface area contributed by atoms with Crippen LogP contribution in [0.15, 0.2) is 40.0 Å². The van der Waals surface area contributed by atoms with Crippen molar-refractivity contribution >= 4 is 33.5 Å². The predicted octanol–water partition coefficient (Wildman–Crippen LogP) is 5.91. The molecule has 1 unspecified atom stereocenters. The van der Waals surface area contributed by atoms with E-state index in [1.807, 2.05) is 0 Å². The maximum Gasteiger partial charge on any atom is 0.435 e. The molecule has 0 bridgehead atoms. The molecule has 0 spiro atoms. The molecule has 0 radical (unpaired) electrons. The fourth-order valence-electron chi connectivity index (χ4n) is 3.70. The molecule has 0 aromatic heterocycles. The highest BCUT2D eigenvalue weighted by molar-refractivity contribution is 9.10. The Morgan fingerprint density at radius 2 is 1.68 bits per heavy atom. The smallest absolute Gasteiger partial charge is 0.374 e. The Balaban J connectivity index is 1.85. The molecule has 0 fully saturated rings. The summed E-state index contributed by atoms with van der Waals surface area (Å²) in [6, 6.07) is 3.71. The first-order chi connectivity index (χ1) is 18.2. The first-order valence-electron chi connectivity index (χ1n) is 10.9. The third-order valence-corrected chi connectivity index (χ3v) is 6.25. The number of alkyl halides is 9. The number of hydrogen-bond acceptors (Lipinski definition) is 4. The summed E-state index contributed by atoms with van der Waals surface area (Å²) in [6.07, 6.45) is -16.4. The van der Waals surface area contributed by atoms with Crippen LogP contribution in [-0.4, -0.2) is 43.0 Å². The van der Waals surface area contributed by atoms with Crippen LogP contribution in [0.25, 0.3) is 0 Å². The third-order valence-electron chi connectivity index (χ3n) is 5.68. The third kappa shape index (κ3) is 6.67. The van der Waals surface area contributed by atoms with Crippen molar-refractivity contribution in [1.29, 1.82) is 0 Å². The van der Waals surface area contributed by atoms with Crippen LogP contribution in [0.4, 0.5) is 43.9 Å². The Hall–Kier alpha value is -3.37. The molecule has 3 rings (SSSR count). The first-order valence-corrected chi connectivity index (χ1v) is 11.7. The van der Waals surface area contributed by atoms with E-state index in [1.54, 1.807) is 5.32 Å². The Kier molecular flexibility index (Phi) is 8.49. The zero-order valence-corrected chi connectivity index (χ0v) is 21.4. The lowest BCUT2D eigenvalue weighted by atomic mass is 9.85. The van der Waals surface area contributed by atoms with Gasteiger partial charge in [-0.2, -0.15) is 39.5 Å². The van der Waals surface area contributed by atoms with E-state index in [0.717, 1.165) is 12.1 Å². The van der Waals surface area contributed by atoms with E-state index in [9.17, 15) is 53.5 Å². The Morgan fingerprint density at radius 3 is 2.23 bits per heavy atom. The van der Waals surface area contributed by atoms with Gasteiger partial charge >= 0.3 is 18.5 Å². The van der Waals surface area contributed by atoms with Crippen LogP contribution in [0.5, 0.6) is 0 Å². The summed E-state index contributed by atoms with van der Waals surface area (Å²) < 4.78 is 133. The van der Waals surface area contributed by atoms with E-state index < -0.39 is 82.6 Å². The number of amides is 2. The number of carbonyl (C=O) groups is 2. The highest BCUT2D eigenvalue weighted by Crippen LogP contribution is 2.51. The monoisotopic (exact) mass is 651 g/mol. The lowest BCUT2D eigenvalue weighted by Gasteiger charge is -2.30. The maximum atomic E-state index is 14.8. The topological polar surface area (TPSA) is 79.8 Å². The zero-order chi connectivity index (χ0) is 30.3. The highest BCUT2D eigenvalue weighted by atomic mass is 79.9. The highest BCUT2D eigenvalue weighted by Gasteiger charge is 2.64. The van der Waals surface area contributed by atoms with Gasteiger partial charge in [-0.05, 0) is 58.2 Å². The quantitative estimate of drug-likeness (QED) is 0.382. The molecule has 1 atom stereocenters. The number of oxime groups is 1. The van der Waals surface area contributed by atoms with Gasteiger partial charge in [0.2, 0.25) is 5.91 Å². The number of carbonyl (C=O) groups excluding carboxylic acids is 2. The van der Waals surface area contributed by atoms with Gasteiger partial charge in [-0.25, -0.2) is 4.39 Å². The second-order valence-corrected chi connectivity index (χ2v) is 9.41. The summed E-state index contributed by atoms with van der Waals surface area (Å²) in [5.41, 5.74) is -7.05. The molecule has 0 aliphatic carbocycles. The minimum Gasteiger partial charge on any atom is -0.374 e. The lowest BCUT2D eigenvalue weighted by Crippen LogP contribution is -2.43. The molecule has 218 valence electrons. The molecule has 2 aromatic rings. The number of rotatable bonds is 6. The molecule has 2 amide bonds. The number of halogens is 11. The molecular formula is C23H16BrF10N3O3. The van der Waals surface area contributed by atoms with Crippen LogP contribution >= 0.6 is 15.9 Å². The van der Waals surface area contributed by atoms with Crippen molar-refractivity contribution in [3.63, 3.8) is 0 Å². The lowest BCUT2D eigenvalue weighted by molar-refractivity contribution is -0.277. The minimum absolute atomic E-state index is 0.00437. The normalized spacial score (nSPS) is 17.8. The molecule has 40 heavy (non-hydrogen) atoms. The van der Waals surface area contributed by atoms with Gasteiger partial charge in [-0.3, -0.25) is 9.59 Å². The van der Waals surface area contributed by atoms with Crippen LogP contribution in [0.2, 0.25) is 0 Å². The molecule has 0 saturated heterocycles.